The van der Waals surface area contributed by atoms with E-state index in [1.54, 1.807) is 0 Å². The van der Waals surface area contributed by atoms with Gasteiger partial charge in [0.25, 0.3) is 0 Å². The normalized spacial score (nSPS) is 16.0. The molecule has 0 atom stereocenters. The minimum Gasteiger partial charge on any atom is -0.246 e. The van der Waals surface area contributed by atoms with Crippen molar-refractivity contribution >= 4 is 48.1 Å². The van der Waals surface area contributed by atoms with E-state index < -0.39 is 16.1 Å². The molecule has 0 radical (unpaired) electrons. The molecule has 0 aliphatic carbocycles. The van der Waals surface area contributed by atoms with Crippen molar-refractivity contribution in [1.29, 1.82) is 0 Å². The largest absolute Gasteiger partial charge is 0.246 e. The van der Waals surface area contributed by atoms with Crippen LogP contribution in [-0.2, 0) is 0 Å². The molecule has 0 unspecified atom stereocenters. The summed E-state index contributed by atoms with van der Waals surface area (Å²) in [6, 6.07) is 52.6. The van der Waals surface area contributed by atoms with Gasteiger partial charge in [-0.2, -0.15) is 0 Å². The number of rotatable bonds is 5. The van der Waals surface area contributed by atoms with E-state index in [4.69, 9.17) is 9.97 Å². The summed E-state index contributed by atoms with van der Waals surface area (Å²) in [6.45, 7) is 9.88. The summed E-state index contributed by atoms with van der Waals surface area (Å²) in [7, 11) is -3.93. The molecule has 46 heavy (non-hydrogen) atoms. The number of fused-ring (bicyclic) bond motifs is 2. The molecule has 0 fully saturated rings. The van der Waals surface area contributed by atoms with Crippen LogP contribution in [0.25, 0.3) is 32.9 Å². The van der Waals surface area contributed by atoms with Crippen LogP contribution < -0.4 is 10.4 Å². The Kier molecular flexibility index (Phi) is 6.75. The molecule has 2 aromatic heterocycles. The zero-order chi connectivity index (χ0) is 31.5. The standard InChI is InChI=1S/C42H36N2Si2/c1-45(2)37-27-13-11-21-31(37)39(41(45)29-17-7-5-8-18-29)35-25-15-23-33(43-35)34-24-16-26-36(44-34)40-32-22-12-14-28-38(32)46(3,4)42(40)30-19-9-6-10-20-30/h5-28H,1-4H3. The maximum absolute atomic E-state index is 5.38. The van der Waals surface area contributed by atoms with Crippen LogP contribution in [0.1, 0.15) is 33.6 Å². The van der Waals surface area contributed by atoms with Gasteiger partial charge in [-0.15, -0.1) is 0 Å². The van der Waals surface area contributed by atoms with Crippen LogP contribution in [0.3, 0.4) is 0 Å². The molecule has 2 aliphatic heterocycles. The van der Waals surface area contributed by atoms with Crippen molar-refractivity contribution in [3.05, 3.63) is 179 Å². The van der Waals surface area contributed by atoms with Crippen molar-refractivity contribution < 1.29 is 0 Å². The summed E-state index contributed by atoms with van der Waals surface area (Å²) in [5, 5.41) is 5.85. The molecule has 4 heterocycles. The highest BCUT2D eigenvalue weighted by atomic mass is 28.3. The Labute approximate surface area is 273 Å². The average molecular weight is 625 g/mol. The third-order valence-electron chi connectivity index (χ3n) is 9.89. The van der Waals surface area contributed by atoms with E-state index in [0.717, 1.165) is 22.8 Å². The van der Waals surface area contributed by atoms with Crippen LogP contribution >= 0.6 is 0 Å². The summed E-state index contributed by atoms with van der Waals surface area (Å²) in [4.78, 5) is 10.8. The number of nitrogens with zero attached hydrogens (tertiary/aromatic N) is 2. The lowest BCUT2D eigenvalue weighted by atomic mass is 9.98. The smallest absolute Gasteiger partial charge is 0.114 e. The summed E-state index contributed by atoms with van der Waals surface area (Å²) in [5.41, 5.74) is 11.6. The van der Waals surface area contributed by atoms with Gasteiger partial charge in [0.1, 0.15) is 16.1 Å². The maximum Gasteiger partial charge on any atom is 0.114 e. The molecular weight excluding hydrogens is 589 g/mol. The van der Waals surface area contributed by atoms with Crippen molar-refractivity contribution in [3.63, 3.8) is 0 Å². The predicted octanol–water partition coefficient (Wildman–Crippen LogP) is 9.00. The molecule has 0 spiro atoms. The first-order valence-electron chi connectivity index (χ1n) is 16.1. The first-order valence-corrected chi connectivity index (χ1v) is 22.1. The minimum absolute atomic E-state index is 0.896. The molecule has 222 valence electrons. The van der Waals surface area contributed by atoms with E-state index in [0.29, 0.717) is 0 Å². The van der Waals surface area contributed by atoms with Crippen molar-refractivity contribution in [2.45, 2.75) is 26.2 Å². The van der Waals surface area contributed by atoms with Gasteiger partial charge >= 0.3 is 0 Å². The van der Waals surface area contributed by atoms with Gasteiger partial charge in [0, 0.05) is 11.1 Å². The fourth-order valence-electron chi connectivity index (χ4n) is 7.84. The van der Waals surface area contributed by atoms with Crippen molar-refractivity contribution in [2.75, 3.05) is 0 Å². The molecule has 0 N–H and O–H groups in total. The third-order valence-corrected chi connectivity index (χ3v) is 17.0. The van der Waals surface area contributed by atoms with E-state index in [-0.39, 0.29) is 0 Å². The van der Waals surface area contributed by atoms with Gasteiger partial charge in [0.05, 0.1) is 22.8 Å². The zero-order valence-corrected chi connectivity index (χ0v) is 28.8. The Morgan fingerprint density at radius 2 is 0.696 bits per heavy atom. The monoisotopic (exact) mass is 624 g/mol. The van der Waals surface area contributed by atoms with Gasteiger partial charge in [0.2, 0.25) is 0 Å². The second-order valence-electron chi connectivity index (χ2n) is 13.4. The Hall–Kier alpha value is -4.91. The molecule has 4 aromatic carbocycles. The zero-order valence-electron chi connectivity index (χ0n) is 26.8. The predicted molar refractivity (Wildman–Crippen MR) is 199 cm³/mol. The highest BCUT2D eigenvalue weighted by Gasteiger charge is 2.42. The first kappa shape index (κ1) is 28.6. The Morgan fingerprint density at radius 3 is 1.11 bits per heavy atom. The van der Waals surface area contributed by atoms with Crippen molar-refractivity contribution in [2.24, 2.45) is 0 Å². The van der Waals surface area contributed by atoms with E-state index >= 15 is 0 Å². The SMILES string of the molecule is C[Si]1(C)C(c2ccccc2)=C(c2cccc(-c3cccc(C4=C(c5ccccc5)[Si](C)(C)c5ccccc54)n3)n2)c2ccccc21. The molecule has 6 aromatic rings. The van der Waals surface area contributed by atoms with Gasteiger partial charge in [-0.25, -0.2) is 9.97 Å². The van der Waals surface area contributed by atoms with Crippen LogP contribution in [0, 0.1) is 0 Å². The molecule has 2 nitrogen and oxygen atoms in total. The third kappa shape index (κ3) is 4.44. The van der Waals surface area contributed by atoms with E-state index in [9.17, 15) is 0 Å². The van der Waals surface area contributed by atoms with Crippen LogP contribution in [0.15, 0.2) is 146 Å². The summed E-state index contributed by atoms with van der Waals surface area (Å²) < 4.78 is 0. The minimum atomic E-state index is -1.97. The quantitative estimate of drug-likeness (QED) is 0.179. The second kappa shape index (κ2) is 10.9. The highest BCUT2D eigenvalue weighted by Crippen LogP contribution is 2.44. The van der Waals surface area contributed by atoms with Crippen LogP contribution in [0.2, 0.25) is 26.2 Å². The summed E-state index contributed by atoms with van der Waals surface area (Å²) >= 11 is 0. The van der Waals surface area contributed by atoms with E-state index in [1.165, 1.54) is 54.2 Å². The Balaban J connectivity index is 1.30. The maximum atomic E-state index is 5.38. The lowest BCUT2D eigenvalue weighted by molar-refractivity contribution is 1.21. The summed E-state index contributed by atoms with van der Waals surface area (Å²) in [5.74, 6) is 0. The van der Waals surface area contributed by atoms with Gasteiger partial charge in [-0.05, 0) is 67.3 Å². The molecule has 0 saturated heterocycles. The molecule has 4 heteroatoms. The van der Waals surface area contributed by atoms with Crippen LogP contribution in [0.5, 0.6) is 0 Å². The van der Waals surface area contributed by atoms with Crippen LogP contribution in [-0.4, -0.2) is 26.1 Å². The topological polar surface area (TPSA) is 25.8 Å². The second-order valence-corrected chi connectivity index (χ2v) is 22.0. The van der Waals surface area contributed by atoms with Gasteiger partial charge < -0.3 is 0 Å². The van der Waals surface area contributed by atoms with E-state index in [1.807, 2.05) is 0 Å². The summed E-state index contributed by atoms with van der Waals surface area (Å²) in [6.07, 6.45) is 0. The lowest BCUT2D eigenvalue weighted by Crippen LogP contribution is -2.40. The van der Waals surface area contributed by atoms with Gasteiger partial charge in [-0.1, -0.05) is 148 Å². The van der Waals surface area contributed by atoms with Crippen molar-refractivity contribution in [3.8, 4) is 11.4 Å². The molecule has 0 amide bonds. The molecule has 0 saturated carbocycles. The van der Waals surface area contributed by atoms with Crippen molar-refractivity contribution in [1.82, 2.24) is 9.97 Å². The number of pyridine rings is 2. The number of hydrogen-bond donors (Lipinski definition) is 0. The first-order chi connectivity index (χ1) is 22.4. The molecule has 8 rings (SSSR count). The fourth-order valence-corrected chi connectivity index (χ4v) is 14.7. The number of aromatic nitrogens is 2. The highest BCUT2D eigenvalue weighted by molar-refractivity contribution is 7.08. The number of hydrogen-bond acceptors (Lipinski definition) is 2. The molecule has 2 aliphatic rings. The Bertz CT molecular complexity index is 2040. The number of benzene rings is 4. The Morgan fingerprint density at radius 1 is 0.348 bits per heavy atom. The fraction of sp³-hybridized carbons (Fsp3) is 0.0952. The van der Waals surface area contributed by atoms with Crippen LogP contribution in [0.4, 0.5) is 0 Å². The lowest BCUT2D eigenvalue weighted by Gasteiger charge is -2.23. The molecular formula is C42H36N2Si2. The van der Waals surface area contributed by atoms with Gasteiger partial charge in [0.15, 0.2) is 0 Å². The average Bonchev–Trinajstić information content (AvgIpc) is 3.49. The van der Waals surface area contributed by atoms with E-state index in [2.05, 4.69) is 172 Å². The molecule has 0 bridgehead atoms. The van der Waals surface area contributed by atoms with Gasteiger partial charge in [-0.3, -0.25) is 0 Å².